The zero-order valence-electron chi connectivity index (χ0n) is 17.2. The molecule has 0 aliphatic heterocycles. The van der Waals surface area contributed by atoms with Gasteiger partial charge in [-0.1, -0.05) is 49.7 Å². The second-order valence-electron chi connectivity index (χ2n) is 7.07. The van der Waals surface area contributed by atoms with Crippen molar-refractivity contribution in [1.29, 1.82) is 5.26 Å². The molecule has 0 spiro atoms. The molecule has 2 N–H and O–H groups in total. The lowest BCUT2D eigenvalue weighted by atomic mass is 10.0. The number of nitriles is 1. The van der Waals surface area contributed by atoms with Crippen LogP contribution in [0.4, 0.5) is 0 Å². The van der Waals surface area contributed by atoms with Crippen LogP contribution in [0.5, 0.6) is 0 Å². The molecule has 0 unspecified atom stereocenters. The minimum absolute atomic E-state index is 0.00507. The number of carbonyl (C=O) groups excluding carboxylic acids is 2. The van der Waals surface area contributed by atoms with Crippen LogP contribution in [0.25, 0.3) is 16.6 Å². The lowest BCUT2D eigenvalue weighted by Gasteiger charge is -2.06. The third-order valence-electron chi connectivity index (χ3n) is 4.77. The summed E-state index contributed by atoms with van der Waals surface area (Å²) in [6, 6.07) is 16.4. The number of benzene rings is 2. The van der Waals surface area contributed by atoms with E-state index < -0.39 is 18.3 Å². The van der Waals surface area contributed by atoms with E-state index in [1.54, 1.807) is 24.3 Å². The van der Waals surface area contributed by atoms with Crippen molar-refractivity contribution in [3.63, 3.8) is 0 Å². The van der Waals surface area contributed by atoms with Gasteiger partial charge in [0.25, 0.3) is 0 Å². The molecule has 3 aromatic rings. The number of nitrogens with one attached hydrogen (secondary N) is 1. The van der Waals surface area contributed by atoms with Crippen LogP contribution in [0.15, 0.2) is 54.3 Å². The molecule has 7 nitrogen and oxygen atoms in total. The maximum Gasteiger partial charge on any atom is 0.306 e. The van der Waals surface area contributed by atoms with Gasteiger partial charge in [-0.3, -0.25) is 9.59 Å². The Hall–Kier alpha value is -3.92. The SMILES string of the molecule is CCCc1ccc(C(=O)CCC(=O)OC/C(O)=C(\C#N)c2nc3ccccc3[nH]2)cc1. The third-order valence-corrected chi connectivity index (χ3v) is 4.77. The van der Waals surface area contributed by atoms with Crippen LogP contribution in [0.3, 0.4) is 0 Å². The molecule has 0 atom stereocenters. The lowest BCUT2D eigenvalue weighted by molar-refractivity contribution is -0.143. The number of fused-ring (bicyclic) bond motifs is 1. The third kappa shape index (κ3) is 5.58. The highest BCUT2D eigenvalue weighted by atomic mass is 16.5. The van der Waals surface area contributed by atoms with Crippen molar-refractivity contribution in [1.82, 2.24) is 9.97 Å². The highest BCUT2D eigenvalue weighted by Gasteiger charge is 2.16. The van der Waals surface area contributed by atoms with Crippen molar-refractivity contribution in [2.75, 3.05) is 6.61 Å². The number of imidazole rings is 1. The van der Waals surface area contributed by atoms with Crippen LogP contribution >= 0.6 is 0 Å². The average Bonchev–Trinajstić information content (AvgIpc) is 3.21. The number of aromatic amines is 1. The first-order valence-electron chi connectivity index (χ1n) is 10.1. The summed E-state index contributed by atoms with van der Waals surface area (Å²) in [7, 11) is 0. The highest BCUT2D eigenvalue weighted by molar-refractivity contribution is 5.97. The summed E-state index contributed by atoms with van der Waals surface area (Å²) >= 11 is 0. The summed E-state index contributed by atoms with van der Waals surface area (Å²) in [6.45, 7) is 1.62. The van der Waals surface area contributed by atoms with E-state index in [0.717, 1.165) is 18.4 Å². The van der Waals surface area contributed by atoms with Crippen molar-refractivity contribution >= 4 is 28.4 Å². The molecule has 0 radical (unpaired) electrons. The van der Waals surface area contributed by atoms with Crippen molar-refractivity contribution < 1.29 is 19.4 Å². The molecule has 0 saturated heterocycles. The van der Waals surface area contributed by atoms with Gasteiger partial charge in [0, 0.05) is 12.0 Å². The fraction of sp³-hybridized carbons (Fsp3) is 0.250. The van der Waals surface area contributed by atoms with E-state index in [1.807, 2.05) is 30.3 Å². The molecule has 0 saturated carbocycles. The quantitative estimate of drug-likeness (QED) is 0.229. The Morgan fingerprint density at radius 3 is 2.55 bits per heavy atom. The molecular weight excluding hydrogens is 394 g/mol. The maximum absolute atomic E-state index is 12.3. The number of carbonyl (C=O) groups is 2. The number of rotatable bonds is 9. The van der Waals surface area contributed by atoms with Gasteiger partial charge >= 0.3 is 5.97 Å². The summed E-state index contributed by atoms with van der Waals surface area (Å²) in [5.41, 5.74) is 2.98. The van der Waals surface area contributed by atoms with Gasteiger partial charge in [-0.05, 0) is 24.1 Å². The average molecular weight is 417 g/mol. The van der Waals surface area contributed by atoms with Crippen LogP contribution in [0.1, 0.15) is 47.9 Å². The van der Waals surface area contributed by atoms with Gasteiger partial charge in [-0.2, -0.15) is 5.26 Å². The minimum atomic E-state index is -0.635. The Morgan fingerprint density at radius 1 is 1.13 bits per heavy atom. The number of aliphatic hydroxyl groups excluding tert-OH is 1. The number of para-hydroxylation sites is 2. The molecule has 158 valence electrons. The van der Waals surface area contributed by atoms with Crippen LogP contribution in [-0.2, 0) is 16.0 Å². The molecular formula is C24H23N3O4. The van der Waals surface area contributed by atoms with Gasteiger partial charge < -0.3 is 14.8 Å². The number of esters is 1. The molecule has 0 aliphatic rings. The number of Topliss-reactive ketones (excluding diaryl/α,β-unsaturated/α-hetero) is 1. The summed E-state index contributed by atoms with van der Waals surface area (Å²) in [5, 5.41) is 19.6. The number of allylic oxidation sites excluding steroid dienone is 1. The Bertz CT molecular complexity index is 1120. The first kappa shape index (κ1) is 21.8. The van der Waals surface area contributed by atoms with Gasteiger partial charge in [0.05, 0.1) is 17.5 Å². The Labute approximate surface area is 180 Å². The Balaban J connectivity index is 1.55. The Kier molecular flexibility index (Phi) is 7.17. The molecule has 31 heavy (non-hydrogen) atoms. The van der Waals surface area contributed by atoms with Crippen LogP contribution in [0, 0.1) is 11.3 Å². The number of aromatic nitrogens is 2. The Morgan fingerprint density at radius 2 is 1.87 bits per heavy atom. The second kappa shape index (κ2) is 10.2. The lowest BCUT2D eigenvalue weighted by Crippen LogP contribution is -2.11. The monoisotopic (exact) mass is 417 g/mol. The van der Waals surface area contributed by atoms with Crippen LogP contribution < -0.4 is 0 Å². The van der Waals surface area contributed by atoms with Crippen molar-refractivity contribution in [2.24, 2.45) is 0 Å². The van der Waals surface area contributed by atoms with Gasteiger partial charge in [0.15, 0.2) is 17.4 Å². The minimum Gasteiger partial charge on any atom is -0.507 e. The van der Waals surface area contributed by atoms with Crippen molar-refractivity contribution in [3.05, 3.63) is 71.2 Å². The van der Waals surface area contributed by atoms with E-state index in [4.69, 9.17) is 4.74 Å². The number of H-pyrrole nitrogens is 1. The molecule has 0 fully saturated rings. The molecule has 3 rings (SSSR count). The number of ketones is 1. The van der Waals surface area contributed by atoms with E-state index in [-0.39, 0.29) is 30.0 Å². The molecule has 1 aromatic heterocycles. The predicted octanol–water partition coefficient (Wildman–Crippen LogP) is 4.51. The van der Waals surface area contributed by atoms with Gasteiger partial charge in [-0.15, -0.1) is 0 Å². The molecule has 7 heteroatoms. The summed E-state index contributed by atoms with van der Waals surface area (Å²) < 4.78 is 5.03. The van der Waals surface area contributed by atoms with Gasteiger partial charge in [0.2, 0.25) is 0 Å². The van der Waals surface area contributed by atoms with Crippen LogP contribution in [0.2, 0.25) is 0 Å². The second-order valence-corrected chi connectivity index (χ2v) is 7.07. The number of aliphatic hydroxyl groups is 1. The van der Waals surface area contributed by atoms with E-state index >= 15 is 0 Å². The fourth-order valence-electron chi connectivity index (χ4n) is 3.12. The molecule has 0 aliphatic carbocycles. The first-order valence-corrected chi connectivity index (χ1v) is 10.1. The predicted molar refractivity (Wildman–Crippen MR) is 116 cm³/mol. The van der Waals surface area contributed by atoms with Gasteiger partial charge in [-0.25, -0.2) is 4.98 Å². The summed E-state index contributed by atoms with van der Waals surface area (Å²) in [4.78, 5) is 31.5. The first-order chi connectivity index (χ1) is 15.0. The van der Waals surface area contributed by atoms with Crippen molar-refractivity contribution in [3.8, 4) is 6.07 Å². The van der Waals surface area contributed by atoms with Crippen molar-refractivity contribution in [2.45, 2.75) is 32.6 Å². The summed E-state index contributed by atoms with van der Waals surface area (Å²) in [5.74, 6) is -1.00. The van der Waals surface area contributed by atoms with E-state index in [0.29, 0.717) is 11.1 Å². The number of nitrogens with zero attached hydrogens (tertiary/aromatic N) is 2. The van der Waals surface area contributed by atoms with E-state index in [2.05, 4.69) is 16.9 Å². The normalized spacial score (nSPS) is 11.6. The molecule has 0 bridgehead atoms. The molecule has 2 aromatic carbocycles. The summed E-state index contributed by atoms with van der Waals surface area (Å²) in [6.07, 6.45) is 1.88. The molecule has 1 heterocycles. The topological polar surface area (TPSA) is 116 Å². The smallest absolute Gasteiger partial charge is 0.306 e. The number of aryl methyl sites for hydroxylation is 1. The van der Waals surface area contributed by atoms with E-state index in [1.165, 1.54) is 5.56 Å². The largest absolute Gasteiger partial charge is 0.507 e. The van der Waals surface area contributed by atoms with Crippen LogP contribution in [-0.4, -0.2) is 33.4 Å². The molecule has 0 amide bonds. The standard InChI is InChI=1S/C24H23N3O4/c1-2-5-16-8-10-17(11-9-16)21(28)12-13-23(30)31-15-22(29)18(14-25)24-26-19-6-3-4-7-20(19)27-24/h3-4,6-11,29H,2,5,12-13,15H2,1H3,(H,26,27)/b22-18-. The fourth-order valence-corrected chi connectivity index (χ4v) is 3.12. The zero-order chi connectivity index (χ0) is 22.2. The maximum atomic E-state index is 12.3. The van der Waals surface area contributed by atoms with E-state index in [9.17, 15) is 20.0 Å². The number of hydrogen-bond acceptors (Lipinski definition) is 6. The number of hydrogen-bond donors (Lipinski definition) is 2. The number of ether oxygens (including phenoxy) is 1. The highest BCUT2D eigenvalue weighted by Crippen LogP contribution is 2.19. The van der Waals surface area contributed by atoms with Gasteiger partial charge in [0.1, 0.15) is 18.2 Å². The zero-order valence-corrected chi connectivity index (χ0v) is 17.2.